The second-order valence-corrected chi connectivity index (χ2v) is 4.48. The maximum absolute atomic E-state index is 11.5. The summed E-state index contributed by atoms with van der Waals surface area (Å²) in [4.78, 5) is 23.0. The Morgan fingerprint density at radius 2 is 1.29 bits per heavy atom. The van der Waals surface area contributed by atoms with Gasteiger partial charge in [-0.2, -0.15) is 0 Å². The standard InChI is InChI=1S/C12H18N8O4/c21-11(9-7-15-19-17-9)13-1-3-23-5-6-24-4-2-14-12(22)10-8-16-20-18-10/h7-8H,1-6H2,(H,13,21)(H,14,22)(H,15,17,19)(H,16,18,20). The highest BCUT2D eigenvalue weighted by Crippen LogP contribution is 1.88. The van der Waals surface area contributed by atoms with Gasteiger partial charge in [-0.15, -0.1) is 10.2 Å². The summed E-state index contributed by atoms with van der Waals surface area (Å²) in [5.41, 5.74) is 0.595. The number of nitrogens with zero attached hydrogens (tertiary/aromatic N) is 4. The van der Waals surface area contributed by atoms with E-state index >= 15 is 0 Å². The van der Waals surface area contributed by atoms with Gasteiger partial charge in [0.15, 0.2) is 0 Å². The molecule has 0 bridgehead atoms. The third-order valence-corrected chi connectivity index (χ3v) is 2.76. The number of carbonyl (C=O) groups excluding carboxylic acids is 2. The maximum atomic E-state index is 11.5. The van der Waals surface area contributed by atoms with Gasteiger partial charge in [0, 0.05) is 13.1 Å². The summed E-state index contributed by atoms with van der Waals surface area (Å²) in [5, 5.41) is 24.1. The van der Waals surface area contributed by atoms with Crippen LogP contribution in [0.15, 0.2) is 12.4 Å². The molecule has 0 aliphatic heterocycles. The Morgan fingerprint density at radius 1 is 0.833 bits per heavy atom. The Bertz CT molecular complexity index is 546. The number of hydrogen-bond donors (Lipinski definition) is 4. The van der Waals surface area contributed by atoms with Gasteiger partial charge in [-0.05, 0) is 0 Å². The van der Waals surface area contributed by atoms with Gasteiger partial charge >= 0.3 is 0 Å². The number of aromatic nitrogens is 6. The first-order valence-corrected chi connectivity index (χ1v) is 7.21. The Balaban J connectivity index is 1.38. The van der Waals surface area contributed by atoms with Crippen LogP contribution in [0.1, 0.15) is 21.0 Å². The molecule has 0 aliphatic rings. The lowest BCUT2D eigenvalue weighted by molar-refractivity contribution is 0.0485. The van der Waals surface area contributed by atoms with Crippen molar-refractivity contribution in [2.75, 3.05) is 39.5 Å². The molecule has 12 heteroatoms. The van der Waals surface area contributed by atoms with Crippen LogP contribution in [0.25, 0.3) is 0 Å². The molecule has 2 rings (SSSR count). The molecule has 0 atom stereocenters. The monoisotopic (exact) mass is 338 g/mol. The molecule has 2 heterocycles. The highest BCUT2D eigenvalue weighted by atomic mass is 16.5. The van der Waals surface area contributed by atoms with E-state index in [0.717, 1.165) is 0 Å². The number of nitrogens with one attached hydrogen (secondary N) is 4. The van der Waals surface area contributed by atoms with Crippen LogP contribution < -0.4 is 10.6 Å². The molecule has 0 saturated heterocycles. The van der Waals surface area contributed by atoms with Crippen LogP contribution in [0, 0.1) is 0 Å². The van der Waals surface area contributed by atoms with Gasteiger partial charge in [-0.25, -0.2) is 0 Å². The first-order chi connectivity index (χ1) is 11.8. The Hall–Kier alpha value is -2.86. The van der Waals surface area contributed by atoms with Crippen molar-refractivity contribution in [3.8, 4) is 0 Å². The lowest BCUT2D eigenvalue weighted by Gasteiger charge is -2.07. The summed E-state index contributed by atoms with van der Waals surface area (Å²) < 4.78 is 10.6. The quantitative estimate of drug-likeness (QED) is 0.346. The normalized spacial score (nSPS) is 10.5. The van der Waals surface area contributed by atoms with E-state index in [2.05, 4.69) is 41.5 Å². The number of ether oxygens (including phenoxy) is 2. The molecule has 4 N–H and O–H groups in total. The topological polar surface area (TPSA) is 160 Å². The van der Waals surface area contributed by atoms with Crippen molar-refractivity contribution in [2.45, 2.75) is 0 Å². The highest BCUT2D eigenvalue weighted by molar-refractivity contribution is 5.92. The second kappa shape index (κ2) is 10.0. The fourth-order valence-electron chi connectivity index (χ4n) is 1.60. The van der Waals surface area contributed by atoms with Crippen molar-refractivity contribution in [1.82, 2.24) is 41.5 Å². The fourth-order valence-corrected chi connectivity index (χ4v) is 1.60. The molecular weight excluding hydrogens is 320 g/mol. The van der Waals surface area contributed by atoms with Crippen LogP contribution in [-0.4, -0.2) is 82.2 Å². The minimum atomic E-state index is -0.289. The smallest absolute Gasteiger partial charge is 0.271 e. The zero-order valence-corrected chi connectivity index (χ0v) is 12.8. The number of hydrogen-bond acceptors (Lipinski definition) is 8. The van der Waals surface area contributed by atoms with Crippen LogP contribution in [0.3, 0.4) is 0 Å². The average molecular weight is 338 g/mol. The molecule has 0 unspecified atom stereocenters. The van der Waals surface area contributed by atoms with Crippen LogP contribution in [0.4, 0.5) is 0 Å². The first-order valence-electron chi connectivity index (χ1n) is 7.21. The fraction of sp³-hybridized carbons (Fsp3) is 0.500. The Labute approximate surface area is 136 Å². The molecular formula is C12H18N8O4. The second-order valence-electron chi connectivity index (χ2n) is 4.48. The maximum Gasteiger partial charge on any atom is 0.271 e. The average Bonchev–Trinajstić information content (AvgIpc) is 3.29. The lowest BCUT2D eigenvalue weighted by Crippen LogP contribution is -2.29. The Morgan fingerprint density at radius 3 is 1.67 bits per heavy atom. The van der Waals surface area contributed by atoms with E-state index in [0.29, 0.717) is 50.9 Å². The van der Waals surface area contributed by atoms with Gasteiger partial charge in [0.2, 0.25) is 0 Å². The number of H-pyrrole nitrogens is 2. The molecule has 0 spiro atoms. The molecule has 2 aromatic rings. The van der Waals surface area contributed by atoms with Crippen molar-refractivity contribution in [2.24, 2.45) is 0 Å². The third-order valence-electron chi connectivity index (χ3n) is 2.76. The first kappa shape index (κ1) is 17.5. The van der Waals surface area contributed by atoms with E-state index in [1.54, 1.807) is 0 Å². The molecule has 0 radical (unpaired) electrons. The predicted octanol–water partition coefficient (Wildman–Crippen LogP) is -1.88. The van der Waals surface area contributed by atoms with Gasteiger partial charge in [0.25, 0.3) is 11.8 Å². The molecule has 12 nitrogen and oxygen atoms in total. The molecule has 0 aliphatic carbocycles. The van der Waals surface area contributed by atoms with E-state index in [1.165, 1.54) is 12.4 Å². The van der Waals surface area contributed by atoms with Crippen molar-refractivity contribution in [1.29, 1.82) is 0 Å². The van der Waals surface area contributed by atoms with E-state index in [4.69, 9.17) is 9.47 Å². The molecule has 24 heavy (non-hydrogen) atoms. The molecule has 2 aromatic heterocycles. The zero-order valence-electron chi connectivity index (χ0n) is 12.8. The number of carbonyl (C=O) groups is 2. The predicted molar refractivity (Wildman–Crippen MR) is 79.1 cm³/mol. The van der Waals surface area contributed by atoms with Gasteiger partial charge < -0.3 is 20.1 Å². The van der Waals surface area contributed by atoms with Crippen molar-refractivity contribution in [3.05, 3.63) is 23.8 Å². The van der Waals surface area contributed by atoms with Crippen LogP contribution in [0.2, 0.25) is 0 Å². The minimum absolute atomic E-state index is 0.289. The summed E-state index contributed by atoms with van der Waals surface area (Å²) in [7, 11) is 0. The van der Waals surface area contributed by atoms with Crippen LogP contribution in [0.5, 0.6) is 0 Å². The SMILES string of the molecule is O=C(NCCOCCOCCNC(=O)c1cnn[nH]1)c1cnn[nH]1. The molecule has 0 aromatic carbocycles. The summed E-state index contributed by atoms with van der Waals surface area (Å²) in [6.07, 6.45) is 2.68. The van der Waals surface area contributed by atoms with E-state index < -0.39 is 0 Å². The summed E-state index contributed by atoms with van der Waals surface area (Å²) in [6.45, 7) is 2.23. The van der Waals surface area contributed by atoms with E-state index in [9.17, 15) is 9.59 Å². The van der Waals surface area contributed by atoms with Gasteiger partial charge in [0.1, 0.15) is 11.4 Å². The van der Waals surface area contributed by atoms with Crippen molar-refractivity contribution >= 4 is 11.8 Å². The zero-order chi connectivity index (χ0) is 17.0. The largest absolute Gasteiger partial charge is 0.377 e. The van der Waals surface area contributed by atoms with E-state index in [-0.39, 0.29) is 11.8 Å². The van der Waals surface area contributed by atoms with Gasteiger partial charge in [0.05, 0.1) is 38.8 Å². The number of amides is 2. The van der Waals surface area contributed by atoms with Crippen molar-refractivity contribution in [3.63, 3.8) is 0 Å². The van der Waals surface area contributed by atoms with E-state index in [1.807, 2.05) is 0 Å². The summed E-state index contributed by atoms with van der Waals surface area (Å²) in [5.74, 6) is -0.578. The van der Waals surface area contributed by atoms with Gasteiger partial charge in [-0.1, -0.05) is 10.4 Å². The van der Waals surface area contributed by atoms with Crippen LogP contribution in [-0.2, 0) is 9.47 Å². The number of aromatic amines is 2. The summed E-state index contributed by atoms with van der Waals surface area (Å²) >= 11 is 0. The minimum Gasteiger partial charge on any atom is -0.377 e. The Kier molecular flexibility index (Phi) is 7.30. The summed E-state index contributed by atoms with van der Waals surface area (Å²) in [6, 6.07) is 0. The lowest BCUT2D eigenvalue weighted by atomic mass is 10.4. The van der Waals surface area contributed by atoms with Crippen molar-refractivity contribution < 1.29 is 19.1 Å². The number of rotatable bonds is 11. The third kappa shape index (κ3) is 6.10. The molecule has 2 amide bonds. The molecule has 0 saturated carbocycles. The highest BCUT2D eigenvalue weighted by Gasteiger charge is 2.06. The molecule has 130 valence electrons. The molecule has 0 fully saturated rings. The van der Waals surface area contributed by atoms with Gasteiger partial charge in [-0.3, -0.25) is 19.8 Å². The van der Waals surface area contributed by atoms with Crippen LogP contribution >= 0.6 is 0 Å².